The molecule has 0 aliphatic rings. The second kappa shape index (κ2) is 7.86. The molecule has 1 aromatic heterocycles. The van der Waals surface area contributed by atoms with Crippen molar-refractivity contribution in [1.82, 2.24) is 10.3 Å². The summed E-state index contributed by atoms with van der Waals surface area (Å²) in [4.78, 5) is 27.8. The summed E-state index contributed by atoms with van der Waals surface area (Å²) in [5.41, 5.74) is 5.70. The number of carbonyl (C=O) groups is 2. The molecule has 0 bridgehead atoms. The van der Waals surface area contributed by atoms with Crippen LogP contribution in [0.25, 0.3) is 0 Å². The number of carbonyl (C=O) groups excluding carboxylic acids is 2. The second-order valence-corrected chi connectivity index (χ2v) is 6.26. The maximum atomic E-state index is 12.0. The average Bonchev–Trinajstić information content (AvgIpc) is 2.49. The Kier molecular flexibility index (Phi) is 5.85. The Balaban J connectivity index is 1.87. The summed E-state index contributed by atoms with van der Waals surface area (Å²) < 4.78 is 0. The summed E-state index contributed by atoms with van der Waals surface area (Å²) in [6.07, 6.45) is 1.18. The molecule has 0 saturated heterocycles. The minimum atomic E-state index is 0.00373. The third-order valence-corrected chi connectivity index (χ3v) is 3.91. The first kappa shape index (κ1) is 17.9. The number of rotatable bonds is 6. The number of hydrogen-bond donors (Lipinski definition) is 1. The molecular formula is C20H24N2O2. The average molecular weight is 324 g/mol. The van der Waals surface area contributed by atoms with Crippen molar-refractivity contribution in [3.05, 3.63) is 64.0 Å². The van der Waals surface area contributed by atoms with Crippen molar-refractivity contribution in [2.75, 3.05) is 0 Å². The molecule has 0 radical (unpaired) electrons. The van der Waals surface area contributed by atoms with Crippen LogP contribution >= 0.6 is 0 Å². The number of nitrogens with zero attached hydrogens (tertiary/aromatic N) is 1. The van der Waals surface area contributed by atoms with Crippen LogP contribution in [0.1, 0.15) is 51.8 Å². The number of aromatic nitrogens is 1. The highest BCUT2D eigenvalue weighted by molar-refractivity contribution is 5.95. The summed E-state index contributed by atoms with van der Waals surface area (Å²) in [5.74, 6) is 0.00768. The molecule has 2 aromatic rings. The Labute approximate surface area is 143 Å². The molecule has 0 spiro atoms. The zero-order valence-electron chi connectivity index (χ0n) is 14.8. The molecule has 0 aliphatic heterocycles. The van der Waals surface area contributed by atoms with Gasteiger partial charge in [-0.2, -0.15) is 0 Å². The Morgan fingerprint density at radius 2 is 1.71 bits per heavy atom. The lowest BCUT2D eigenvalue weighted by molar-refractivity contribution is -0.121. The Hall–Kier alpha value is -2.49. The molecule has 1 amide bonds. The number of hydrogen-bond acceptors (Lipinski definition) is 3. The highest BCUT2D eigenvalue weighted by Gasteiger charge is 2.08. The number of aryl methyl sites for hydroxylation is 4. The Morgan fingerprint density at radius 3 is 2.29 bits per heavy atom. The topological polar surface area (TPSA) is 59.1 Å². The molecule has 4 heteroatoms. The summed E-state index contributed by atoms with van der Waals surface area (Å²) in [7, 11) is 0. The zero-order valence-corrected chi connectivity index (χ0v) is 14.8. The number of benzene rings is 1. The van der Waals surface area contributed by atoms with E-state index in [4.69, 9.17) is 0 Å². The third kappa shape index (κ3) is 5.01. The molecule has 1 aromatic carbocycles. The minimum Gasteiger partial charge on any atom is -0.350 e. The predicted molar refractivity (Wildman–Crippen MR) is 95.1 cm³/mol. The third-order valence-electron chi connectivity index (χ3n) is 3.91. The van der Waals surface area contributed by atoms with Gasteiger partial charge in [0.05, 0.1) is 12.2 Å². The molecule has 0 fully saturated rings. The predicted octanol–water partition coefficient (Wildman–Crippen LogP) is 3.46. The van der Waals surface area contributed by atoms with E-state index in [1.165, 1.54) is 23.6 Å². The van der Waals surface area contributed by atoms with Crippen molar-refractivity contribution in [1.29, 1.82) is 0 Å². The molecule has 0 aliphatic carbocycles. The highest BCUT2D eigenvalue weighted by atomic mass is 16.1. The Morgan fingerprint density at radius 1 is 1.04 bits per heavy atom. The van der Waals surface area contributed by atoms with Gasteiger partial charge in [0.1, 0.15) is 0 Å². The van der Waals surface area contributed by atoms with Crippen LogP contribution in [-0.4, -0.2) is 16.7 Å². The molecular weight excluding hydrogens is 300 g/mol. The molecule has 0 atom stereocenters. The van der Waals surface area contributed by atoms with Crippen LogP contribution in [0.3, 0.4) is 0 Å². The van der Waals surface area contributed by atoms with Gasteiger partial charge in [0.2, 0.25) is 5.91 Å². The van der Waals surface area contributed by atoms with Gasteiger partial charge in [-0.15, -0.1) is 0 Å². The molecule has 1 N–H and O–H groups in total. The lowest BCUT2D eigenvalue weighted by Crippen LogP contribution is -2.23. The number of Topliss-reactive ketones (excluding diaryl/α,β-unsaturated/α-hetero) is 1. The first-order valence-electron chi connectivity index (χ1n) is 8.16. The maximum Gasteiger partial charge on any atom is 0.220 e. The fourth-order valence-corrected chi connectivity index (χ4v) is 2.83. The fourth-order valence-electron chi connectivity index (χ4n) is 2.83. The molecule has 0 saturated carbocycles. The summed E-state index contributed by atoms with van der Waals surface area (Å²) in [6.45, 7) is 7.84. The lowest BCUT2D eigenvalue weighted by Gasteiger charge is -2.08. The van der Waals surface area contributed by atoms with E-state index in [2.05, 4.69) is 42.3 Å². The molecule has 0 unspecified atom stereocenters. The van der Waals surface area contributed by atoms with Crippen LogP contribution in [-0.2, 0) is 17.8 Å². The van der Waals surface area contributed by atoms with Gasteiger partial charge in [0, 0.05) is 17.7 Å². The molecule has 2 rings (SSSR count). The van der Waals surface area contributed by atoms with E-state index in [1.807, 2.05) is 6.92 Å². The lowest BCUT2D eigenvalue weighted by atomic mass is 10.0. The number of pyridine rings is 1. The summed E-state index contributed by atoms with van der Waals surface area (Å²) in [6, 6.07) is 9.91. The van der Waals surface area contributed by atoms with Crippen molar-refractivity contribution < 1.29 is 9.59 Å². The van der Waals surface area contributed by atoms with E-state index in [0.29, 0.717) is 24.2 Å². The van der Waals surface area contributed by atoms with E-state index in [0.717, 1.165) is 12.1 Å². The van der Waals surface area contributed by atoms with Gasteiger partial charge >= 0.3 is 0 Å². The van der Waals surface area contributed by atoms with Gasteiger partial charge < -0.3 is 5.32 Å². The van der Waals surface area contributed by atoms with Crippen molar-refractivity contribution in [2.45, 2.75) is 47.1 Å². The fraction of sp³-hybridized carbons (Fsp3) is 0.350. The normalized spacial score (nSPS) is 10.5. The molecule has 24 heavy (non-hydrogen) atoms. The SMILES string of the molecule is CC(=O)c1ccc(CNC(=O)CCc2cc(C)cc(C)c2)nc1C. The van der Waals surface area contributed by atoms with E-state index in [9.17, 15) is 9.59 Å². The molecule has 1 heterocycles. The van der Waals surface area contributed by atoms with Crippen molar-refractivity contribution in [2.24, 2.45) is 0 Å². The van der Waals surface area contributed by atoms with Gasteiger partial charge in [-0.05, 0) is 51.8 Å². The highest BCUT2D eigenvalue weighted by Crippen LogP contribution is 2.11. The quantitative estimate of drug-likeness (QED) is 0.828. The van der Waals surface area contributed by atoms with E-state index < -0.39 is 0 Å². The van der Waals surface area contributed by atoms with Crippen LogP contribution < -0.4 is 5.32 Å². The van der Waals surface area contributed by atoms with Gasteiger partial charge in [0.25, 0.3) is 0 Å². The number of nitrogens with one attached hydrogen (secondary N) is 1. The summed E-state index contributed by atoms with van der Waals surface area (Å²) >= 11 is 0. The smallest absolute Gasteiger partial charge is 0.220 e. The minimum absolute atomic E-state index is 0.00373. The van der Waals surface area contributed by atoms with Gasteiger partial charge in [-0.25, -0.2) is 0 Å². The summed E-state index contributed by atoms with van der Waals surface area (Å²) in [5, 5.41) is 2.89. The first-order chi connectivity index (χ1) is 11.3. The van der Waals surface area contributed by atoms with E-state index >= 15 is 0 Å². The van der Waals surface area contributed by atoms with Crippen molar-refractivity contribution in [3.8, 4) is 0 Å². The molecule has 4 nitrogen and oxygen atoms in total. The van der Waals surface area contributed by atoms with E-state index in [1.54, 1.807) is 12.1 Å². The Bertz CT molecular complexity index is 746. The van der Waals surface area contributed by atoms with Crippen LogP contribution in [0, 0.1) is 20.8 Å². The van der Waals surface area contributed by atoms with Gasteiger partial charge in [-0.3, -0.25) is 14.6 Å². The van der Waals surface area contributed by atoms with Crippen LogP contribution in [0.4, 0.5) is 0 Å². The maximum absolute atomic E-state index is 12.0. The molecule has 126 valence electrons. The van der Waals surface area contributed by atoms with Gasteiger partial charge in [-0.1, -0.05) is 29.3 Å². The van der Waals surface area contributed by atoms with Crippen LogP contribution in [0.2, 0.25) is 0 Å². The largest absolute Gasteiger partial charge is 0.350 e. The standard InChI is InChI=1S/C20H24N2O2/c1-13-9-14(2)11-17(10-13)5-8-20(24)21-12-18-6-7-19(16(4)23)15(3)22-18/h6-7,9-11H,5,8,12H2,1-4H3,(H,21,24). The monoisotopic (exact) mass is 324 g/mol. The first-order valence-corrected chi connectivity index (χ1v) is 8.16. The van der Waals surface area contributed by atoms with Gasteiger partial charge in [0.15, 0.2) is 5.78 Å². The second-order valence-electron chi connectivity index (χ2n) is 6.26. The number of ketones is 1. The number of amides is 1. The van der Waals surface area contributed by atoms with Crippen molar-refractivity contribution in [3.63, 3.8) is 0 Å². The van der Waals surface area contributed by atoms with Crippen LogP contribution in [0.5, 0.6) is 0 Å². The zero-order chi connectivity index (χ0) is 17.7. The van der Waals surface area contributed by atoms with Crippen LogP contribution in [0.15, 0.2) is 30.3 Å². The van der Waals surface area contributed by atoms with E-state index in [-0.39, 0.29) is 11.7 Å². The van der Waals surface area contributed by atoms with Crippen molar-refractivity contribution >= 4 is 11.7 Å².